The average molecular weight is 249 g/mol. The van der Waals surface area contributed by atoms with Crippen molar-refractivity contribution in [3.63, 3.8) is 0 Å². The van der Waals surface area contributed by atoms with Crippen molar-refractivity contribution >= 4 is 11.6 Å². The summed E-state index contributed by atoms with van der Waals surface area (Å²) in [5.74, 6) is -0.111. The smallest absolute Gasteiger partial charge is 0.269 e. The minimum Gasteiger partial charge on any atom is -0.337 e. The van der Waals surface area contributed by atoms with Gasteiger partial charge in [-0.15, -0.1) is 0 Å². The number of nitrogens with zero attached hydrogens (tertiary/aromatic N) is 2. The van der Waals surface area contributed by atoms with E-state index in [-0.39, 0.29) is 17.6 Å². The highest BCUT2D eigenvalue weighted by Crippen LogP contribution is 2.16. The van der Waals surface area contributed by atoms with E-state index in [0.717, 1.165) is 12.8 Å². The number of non-ortho nitro benzene ring substituents is 1. The molecule has 2 rings (SSSR count). The van der Waals surface area contributed by atoms with Gasteiger partial charge in [0.1, 0.15) is 0 Å². The van der Waals surface area contributed by atoms with Crippen molar-refractivity contribution in [2.75, 3.05) is 13.1 Å². The average Bonchev–Trinajstić information content (AvgIpc) is 2.38. The van der Waals surface area contributed by atoms with E-state index in [1.165, 1.54) is 24.3 Å². The van der Waals surface area contributed by atoms with Crippen LogP contribution >= 0.6 is 0 Å². The zero-order valence-corrected chi connectivity index (χ0v) is 9.91. The summed E-state index contributed by atoms with van der Waals surface area (Å²) in [6.07, 6.45) is 1.84. The van der Waals surface area contributed by atoms with E-state index in [4.69, 9.17) is 5.73 Å². The Hall–Kier alpha value is -1.95. The number of hydrogen-bond acceptors (Lipinski definition) is 4. The van der Waals surface area contributed by atoms with Gasteiger partial charge in [-0.05, 0) is 25.0 Å². The maximum atomic E-state index is 12.1. The summed E-state index contributed by atoms with van der Waals surface area (Å²) in [6.45, 7) is 1.25. The largest absolute Gasteiger partial charge is 0.337 e. The van der Waals surface area contributed by atoms with Crippen LogP contribution in [0.2, 0.25) is 0 Å². The zero-order chi connectivity index (χ0) is 13.1. The Balaban J connectivity index is 2.10. The number of hydrogen-bond donors (Lipinski definition) is 1. The van der Waals surface area contributed by atoms with Gasteiger partial charge in [0, 0.05) is 36.8 Å². The maximum Gasteiger partial charge on any atom is 0.269 e. The summed E-state index contributed by atoms with van der Waals surface area (Å²) < 4.78 is 0. The van der Waals surface area contributed by atoms with Gasteiger partial charge < -0.3 is 10.6 Å². The van der Waals surface area contributed by atoms with Gasteiger partial charge in [-0.25, -0.2) is 0 Å². The Labute approximate surface area is 105 Å². The van der Waals surface area contributed by atoms with Gasteiger partial charge in [0.2, 0.25) is 0 Å². The first kappa shape index (κ1) is 12.5. The topological polar surface area (TPSA) is 89.5 Å². The molecule has 0 unspecified atom stereocenters. The second-order valence-corrected chi connectivity index (χ2v) is 4.46. The zero-order valence-electron chi connectivity index (χ0n) is 9.91. The Bertz CT molecular complexity index is 458. The summed E-state index contributed by atoms with van der Waals surface area (Å²) in [7, 11) is 0. The molecule has 1 aromatic rings. The Morgan fingerprint density at radius 1 is 1.39 bits per heavy atom. The first-order valence-corrected chi connectivity index (χ1v) is 5.87. The minimum absolute atomic E-state index is 0.0121. The first-order chi connectivity index (χ1) is 8.58. The molecule has 96 valence electrons. The molecule has 1 aliphatic heterocycles. The molecule has 0 spiro atoms. The van der Waals surface area contributed by atoms with Crippen LogP contribution in [0.1, 0.15) is 23.2 Å². The number of nitrogens with two attached hydrogens (primary N) is 1. The predicted molar refractivity (Wildman–Crippen MR) is 66.2 cm³/mol. The normalized spacial score (nSPS) is 19.6. The van der Waals surface area contributed by atoms with Gasteiger partial charge in [0.25, 0.3) is 11.6 Å². The molecule has 0 radical (unpaired) electrons. The third kappa shape index (κ3) is 2.65. The van der Waals surface area contributed by atoms with E-state index >= 15 is 0 Å². The minimum atomic E-state index is -0.481. The molecule has 2 N–H and O–H groups in total. The van der Waals surface area contributed by atoms with Crippen LogP contribution < -0.4 is 5.73 Å². The summed E-state index contributed by atoms with van der Waals surface area (Å²) in [5, 5.41) is 10.5. The molecular weight excluding hydrogens is 234 g/mol. The number of benzene rings is 1. The molecule has 0 aliphatic carbocycles. The van der Waals surface area contributed by atoms with Crippen LogP contribution in [-0.2, 0) is 0 Å². The summed E-state index contributed by atoms with van der Waals surface area (Å²) in [6, 6.07) is 5.69. The highest BCUT2D eigenvalue weighted by atomic mass is 16.6. The van der Waals surface area contributed by atoms with E-state index in [1.807, 2.05) is 0 Å². The quantitative estimate of drug-likeness (QED) is 0.629. The van der Waals surface area contributed by atoms with E-state index in [0.29, 0.717) is 18.7 Å². The molecular formula is C12H15N3O3. The Kier molecular flexibility index (Phi) is 3.57. The van der Waals surface area contributed by atoms with Crippen LogP contribution in [0, 0.1) is 10.1 Å². The molecule has 1 aromatic carbocycles. The molecule has 1 saturated heterocycles. The van der Waals surface area contributed by atoms with E-state index < -0.39 is 4.92 Å². The van der Waals surface area contributed by atoms with Crippen molar-refractivity contribution in [2.24, 2.45) is 5.73 Å². The number of carbonyl (C=O) groups is 1. The number of amides is 1. The second kappa shape index (κ2) is 5.14. The van der Waals surface area contributed by atoms with Crippen LogP contribution in [0.3, 0.4) is 0 Å². The third-order valence-corrected chi connectivity index (χ3v) is 3.07. The first-order valence-electron chi connectivity index (χ1n) is 5.87. The summed E-state index contributed by atoms with van der Waals surface area (Å²) >= 11 is 0. The Morgan fingerprint density at radius 3 is 2.61 bits per heavy atom. The highest BCUT2D eigenvalue weighted by molar-refractivity contribution is 5.94. The lowest BCUT2D eigenvalue weighted by atomic mass is 10.1. The van der Waals surface area contributed by atoms with Crippen LogP contribution in [0.4, 0.5) is 5.69 Å². The number of likely N-dealkylation sites (tertiary alicyclic amines) is 1. The van der Waals surface area contributed by atoms with Crippen molar-refractivity contribution in [3.8, 4) is 0 Å². The summed E-state index contributed by atoms with van der Waals surface area (Å²) in [5.41, 5.74) is 6.28. The number of nitro benzene ring substituents is 1. The molecule has 1 fully saturated rings. The fourth-order valence-electron chi connectivity index (χ4n) is 2.10. The van der Waals surface area contributed by atoms with Gasteiger partial charge in [0.15, 0.2) is 0 Å². The van der Waals surface area contributed by atoms with Crippen molar-refractivity contribution in [1.82, 2.24) is 4.90 Å². The van der Waals surface area contributed by atoms with Crippen molar-refractivity contribution in [3.05, 3.63) is 39.9 Å². The van der Waals surface area contributed by atoms with Gasteiger partial charge >= 0.3 is 0 Å². The van der Waals surface area contributed by atoms with Gasteiger partial charge in [0.05, 0.1) is 4.92 Å². The number of piperidine rings is 1. The van der Waals surface area contributed by atoms with E-state index in [2.05, 4.69) is 0 Å². The monoisotopic (exact) mass is 249 g/mol. The van der Waals surface area contributed by atoms with Crippen LogP contribution in [-0.4, -0.2) is 34.9 Å². The highest BCUT2D eigenvalue weighted by Gasteiger charge is 2.22. The van der Waals surface area contributed by atoms with Gasteiger partial charge in [-0.3, -0.25) is 14.9 Å². The molecule has 1 amide bonds. The fourth-order valence-corrected chi connectivity index (χ4v) is 2.10. The molecule has 0 bridgehead atoms. The van der Waals surface area contributed by atoms with Crippen LogP contribution in [0.5, 0.6) is 0 Å². The molecule has 1 aliphatic rings. The number of carbonyl (C=O) groups excluding carboxylic acids is 1. The van der Waals surface area contributed by atoms with Crippen molar-refractivity contribution in [1.29, 1.82) is 0 Å². The van der Waals surface area contributed by atoms with E-state index in [9.17, 15) is 14.9 Å². The third-order valence-electron chi connectivity index (χ3n) is 3.07. The van der Waals surface area contributed by atoms with Crippen molar-refractivity contribution < 1.29 is 9.72 Å². The molecule has 6 nitrogen and oxygen atoms in total. The van der Waals surface area contributed by atoms with Crippen LogP contribution in [0.25, 0.3) is 0 Å². The fraction of sp³-hybridized carbons (Fsp3) is 0.417. The molecule has 0 saturated carbocycles. The van der Waals surface area contributed by atoms with Crippen LogP contribution in [0.15, 0.2) is 24.3 Å². The number of nitro groups is 1. The second-order valence-electron chi connectivity index (χ2n) is 4.46. The van der Waals surface area contributed by atoms with Crippen molar-refractivity contribution in [2.45, 2.75) is 18.9 Å². The van der Waals surface area contributed by atoms with Gasteiger partial charge in [-0.2, -0.15) is 0 Å². The lowest BCUT2D eigenvalue weighted by Gasteiger charge is -2.30. The molecule has 1 atom stereocenters. The Morgan fingerprint density at radius 2 is 2.06 bits per heavy atom. The lowest BCUT2D eigenvalue weighted by Crippen LogP contribution is -2.45. The lowest BCUT2D eigenvalue weighted by molar-refractivity contribution is -0.384. The number of rotatable bonds is 2. The molecule has 1 heterocycles. The van der Waals surface area contributed by atoms with Gasteiger partial charge in [-0.1, -0.05) is 0 Å². The molecule has 6 heteroatoms. The van der Waals surface area contributed by atoms with E-state index in [1.54, 1.807) is 4.90 Å². The SMILES string of the molecule is N[C@@H]1CCCN(C(=O)c2ccc([N+](=O)[O-])cc2)C1. The summed E-state index contributed by atoms with van der Waals surface area (Å²) in [4.78, 5) is 23.9. The predicted octanol–water partition coefficient (Wildman–Crippen LogP) is 1.16. The maximum absolute atomic E-state index is 12.1. The molecule has 0 aromatic heterocycles. The standard InChI is InChI=1S/C12H15N3O3/c13-10-2-1-7-14(8-10)12(16)9-3-5-11(6-4-9)15(17)18/h3-6,10H,1-2,7-8,13H2/t10-/m1/s1. The molecule has 18 heavy (non-hydrogen) atoms.